The van der Waals surface area contributed by atoms with Gasteiger partial charge in [0.25, 0.3) is 0 Å². The van der Waals surface area contributed by atoms with Gasteiger partial charge in [-0.1, -0.05) is 6.58 Å². The highest BCUT2D eigenvalue weighted by Crippen LogP contribution is 1.84. The first-order chi connectivity index (χ1) is 7.03. The summed E-state index contributed by atoms with van der Waals surface area (Å²) in [6.07, 6.45) is -0.668. The lowest BCUT2D eigenvalue weighted by Gasteiger charge is -2.09. The van der Waals surface area contributed by atoms with Gasteiger partial charge in [0.2, 0.25) is 12.1 Å². The molecular formula is C9H17NO5. The molecule has 6 heteroatoms. The summed E-state index contributed by atoms with van der Waals surface area (Å²) in [7, 11) is 3.25. The Morgan fingerprint density at radius 1 is 1.53 bits per heavy atom. The van der Waals surface area contributed by atoms with E-state index in [1.165, 1.54) is 0 Å². The fourth-order valence-electron chi connectivity index (χ4n) is 0.474. The molecular weight excluding hydrogens is 202 g/mol. The van der Waals surface area contributed by atoms with Gasteiger partial charge in [-0.25, -0.2) is 4.79 Å². The van der Waals surface area contributed by atoms with Gasteiger partial charge in [0, 0.05) is 14.2 Å². The van der Waals surface area contributed by atoms with Crippen molar-refractivity contribution in [1.82, 2.24) is 5.32 Å². The number of aliphatic hydroxyl groups excluding tert-OH is 1. The molecule has 1 amide bonds. The first-order valence-corrected chi connectivity index (χ1v) is 4.21. The van der Waals surface area contributed by atoms with E-state index < -0.39 is 18.1 Å². The maximum atomic E-state index is 10.7. The maximum absolute atomic E-state index is 10.7. The third kappa shape index (κ3) is 10.5. The molecule has 0 aromatic heterocycles. The molecule has 15 heavy (non-hydrogen) atoms. The van der Waals surface area contributed by atoms with Crippen molar-refractivity contribution < 1.29 is 24.2 Å². The maximum Gasteiger partial charge on any atom is 0.356 e. The number of ether oxygens (including phenoxy) is 2. The van der Waals surface area contributed by atoms with E-state index in [0.717, 1.165) is 6.08 Å². The molecule has 88 valence electrons. The van der Waals surface area contributed by atoms with Crippen LogP contribution in [0.25, 0.3) is 0 Å². The number of amides is 1. The van der Waals surface area contributed by atoms with Gasteiger partial charge in [0.15, 0.2) is 0 Å². The van der Waals surface area contributed by atoms with Crippen molar-refractivity contribution in [1.29, 1.82) is 0 Å². The molecule has 1 atom stereocenters. The van der Waals surface area contributed by atoms with Crippen LogP contribution < -0.4 is 5.32 Å². The summed E-state index contributed by atoms with van der Waals surface area (Å²) in [6, 6.07) is 0. The number of hydrogen-bond acceptors (Lipinski definition) is 5. The summed E-state index contributed by atoms with van der Waals surface area (Å²) in [5.41, 5.74) is 0. The van der Waals surface area contributed by atoms with Crippen LogP contribution in [0.3, 0.4) is 0 Å². The Morgan fingerprint density at radius 3 is 2.33 bits per heavy atom. The monoisotopic (exact) mass is 219 g/mol. The second kappa shape index (κ2) is 10.7. The van der Waals surface area contributed by atoms with Crippen molar-refractivity contribution in [3.63, 3.8) is 0 Å². The fraction of sp³-hybridized carbons (Fsp3) is 0.556. The minimum Gasteiger partial charge on any atom is -0.463 e. The number of rotatable bonds is 4. The number of nitrogens with one attached hydrogen (secondary N) is 1. The van der Waals surface area contributed by atoms with Crippen molar-refractivity contribution in [3.8, 4) is 0 Å². The number of carbonyl (C=O) groups is 2. The Bertz CT molecular complexity index is 205. The number of hydrogen-bond donors (Lipinski definition) is 2. The van der Waals surface area contributed by atoms with Gasteiger partial charge in [-0.2, -0.15) is 0 Å². The Kier molecular flexibility index (Phi) is 11.4. The van der Waals surface area contributed by atoms with Crippen LogP contribution in [0.2, 0.25) is 0 Å². The van der Waals surface area contributed by atoms with Crippen LogP contribution in [0.15, 0.2) is 12.7 Å². The smallest absolute Gasteiger partial charge is 0.356 e. The average Bonchev–Trinajstić information content (AvgIpc) is 2.19. The summed E-state index contributed by atoms with van der Waals surface area (Å²) in [5.74, 6) is -1.51. The van der Waals surface area contributed by atoms with E-state index in [1.807, 2.05) is 5.32 Å². The predicted molar refractivity (Wildman–Crippen MR) is 53.9 cm³/mol. The van der Waals surface area contributed by atoms with E-state index in [-0.39, 0.29) is 6.61 Å². The Hall–Kier alpha value is -1.40. The second-order valence-electron chi connectivity index (χ2n) is 2.28. The van der Waals surface area contributed by atoms with Crippen molar-refractivity contribution in [2.45, 2.75) is 13.2 Å². The van der Waals surface area contributed by atoms with E-state index in [0.29, 0.717) is 0 Å². The minimum atomic E-state index is -1.62. The molecule has 0 aromatic rings. The lowest BCUT2D eigenvalue weighted by Crippen LogP contribution is -2.40. The largest absolute Gasteiger partial charge is 0.463 e. The molecule has 1 unspecified atom stereocenters. The standard InChI is InChI=1S/C7H11NO4.C2H6O/c1-3-5(9)8-6(10)7(11)12-4-2;1-3-2/h3,6,10H,1,4H2,2H3,(H,8,9);1-2H3. The molecule has 0 aliphatic heterocycles. The number of carbonyl (C=O) groups excluding carboxylic acids is 2. The highest BCUT2D eigenvalue weighted by atomic mass is 16.5. The SMILES string of the molecule is C=CC(=O)NC(O)C(=O)OCC.COC. The lowest BCUT2D eigenvalue weighted by molar-refractivity contribution is -0.156. The van der Waals surface area contributed by atoms with Crippen molar-refractivity contribution in [2.75, 3.05) is 20.8 Å². The summed E-state index contributed by atoms with van der Waals surface area (Å²) in [6.45, 7) is 4.89. The van der Waals surface area contributed by atoms with Gasteiger partial charge >= 0.3 is 5.97 Å². The third-order valence-electron chi connectivity index (χ3n) is 0.974. The number of methoxy groups -OCH3 is 1. The number of esters is 1. The van der Waals surface area contributed by atoms with Crippen LogP contribution in [0.4, 0.5) is 0 Å². The molecule has 0 aromatic carbocycles. The normalized spacial score (nSPS) is 10.4. The van der Waals surface area contributed by atoms with Gasteiger partial charge in [-0.05, 0) is 13.0 Å². The van der Waals surface area contributed by atoms with Crippen LogP contribution in [-0.4, -0.2) is 44.0 Å². The second-order valence-corrected chi connectivity index (χ2v) is 2.28. The molecule has 0 saturated heterocycles. The van der Waals surface area contributed by atoms with Gasteiger partial charge < -0.3 is 19.9 Å². The molecule has 0 rings (SSSR count). The first-order valence-electron chi connectivity index (χ1n) is 4.21. The summed E-state index contributed by atoms with van der Waals surface area (Å²) < 4.78 is 8.66. The summed E-state index contributed by atoms with van der Waals surface area (Å²) in [5, 5.41) is 10.8. The third-order valence-corrected chi connectivity index (χ3v) is 0.974. The Morgan fingerprint density at radius 2 is 2.00 bits per heavy atom. The summed E-state index contributed by atoms with van der Waals surface area (Å²) in [4.78, 5) is 21.2. The van der Waals surface area contributed by atoms with Crippen LogP contribution >= 0.6 is 0 Å². The number of aliphatic hydroxyl groups is 1. The highest BCUT2D eigenvalue weighted by molar-refractivity contribution is 5.90. The van der Waals surface area contributed by atoms with Crippen molar-refractivity contribution >= 4 is 11.9 Å². The first kappa shape index (κ1) is 16.0. The van der Waals surface area contributed by atoms with Crippen molar-refractivity contribution in [2.24, 2.45) is 0 Å². The molecule has 0 heterocycles. The van der Waals surface area contributed by atoms with Crippen LogP contribution in [0.1, 0.15) is 6.92 Å². The molecule has 0 saturated carbocycles. The molecule has 0 spiro atoms. The Balaban J connectivity index is 0. The zero-order chi connectivity index (χ0) is 12.3. The van der Waals surface area contributed by atoms with E-state index >= 15 is 0 Å². The van der Waals surface area contributed by atoms with E-state index in [4.69, 9.17) is 5.11 Å². The molecule has 0 radical (unpaired) electrons. The zero-order valence-electron chi connectivity index (χ0n) is 9.15. The Labute approximate surface area is 88.9 Å². The molecule has 2 N–H and O–H groups in total. The fourth-order valence-corrected chi connectivity index (χ4v) is 0.474. The summed E-state index contributed by atoms with van der Waals surface area (Å²) >= 11 is 0. The van der Waals surface area contributed by atoms with Gasteiger partial charge in [0.1, 0.15) is 0 Å². The van der Waals surface area contributed by atoms with Gasteiger partial charge in [-0.3, -0.25) is 4.79 Å². The van der Waals surface area contributed by atoms with Crippen LogP contribution in [0.5, 0.6) is 0 Å². The predicted octanol–water partition coefficient (Wildman–Crippen LogP) is -0.567. The van der Waals surface area contributed by atoms with Gasteiger partial charge in [0.05, 0.1) is 6.61 Å². The highest BCUT2D eigenvalue weighted by Gasteiger charge is 2.16. The molecule has 0 aliphatic carbocycles. The molecule has 0 fully saturated rings. The van der Waals surface area contributed by atoms with E-state index in [9.17, 15) is 9.59 Å². The van der Waals surface area contributed by atoms with Gasteiger partial charge in [-0.15, -0.1) is 0 Å². The van der Waals surface area contributed by atoms with Crippen LogP contribution in [0, 0.1) is 0 Å². The topological polar surface area (TPSA) is 84.9 Å². The quantitative estimate of drug-likeness (QED) is 0.376. The molecule has 0 bridgehead atoms. The van der Waals surface area contributed by atoms with E-state index in [2.05, 4.69) is 16.1 Å². The lowest BCUT2D eigenvalue weighted by atomic mass is 10.5. The molecule has 0 aliphatic rings. The van der Waals surface area contributed by atoms with Crippen molar-refractivity contribution in [3.05, 3.63) is 12.7 Å². The average molecular weight is 219 g/mol. The molecule has 6 nitrogen and oxygen atoms in total. The zero-order valence-corrected chi connectivity index (χ0v) is 9.15. The minimum absolute atomic E-state index is 0.153. The van der Waals surface area contributed by atoms with Crippen LogP contribution in [-0.2, 0) is 19.1 Å². The van der Waals surface area contributed by atoms with E-state index in [1.54, 1.807) is 21.1 Å².